The second-order valence-electron chi connectivity index (χ2n) is 5.23. The normalized spacial score (nSPS) is 18.3. The number of carboxylic acid groups (broad SMARTS) is 1. The Balaban J connectivity index is 2.08. The lowest BCUT2D eigenvalue weighted by molar-refractivity contribution is -0.139. The lowest BCUT2D eigenvalue weighted by Gasteiger charge is -2.28. The van der Waals surface area contributed by atoms with E-state index in [2.05, 4.69) is 5.32 Å². The van der Waals surface area contributed by atoms with E-state index >= 15 is 0 Å². The van der Waals surface area contributed by atoms with Gasteiger partial charge in [0.1, 0.15) is 6.04 Å². The molecule has 2 N–H and O–H groups in total. The summed E-state index contributed by atoms with van der Waals surface area (Å²) >= 11 is 0. The van der Waals surface area contributed by atoms with Gasteiger partial charge in [0.05, 0.1) is 0 Å². The smallest absolute Gasteiger partial charge is 0.326 e. The van der Waals surface area contributed by atoms with Crippen LogP contribution in [-0.2, 0) is 4.79 Å². The summed E-state index contributed by atoms with van der Waals surface area (Å²) in [6.45, 7) is 2.02. The first kappa shape index (κ1) is 12.9. The van der Waals surface area contributed by atoms with Gasteiger partial charge < -0.3 is 10.4 Å². The highest BCUT2D eigenvalue weighted by atomic mass is 16.4. The fourth-order valence-electron chi connectivity index (χ4n) is 2.76. The van der Waals surface area contributed by atoms with Crippen molar-refractivity contribution in [3.05, 3.63) is 29.8 Å². The lowest BCUT2D eigenvalue weighted by atomic mass is 9.84. The van der Waals surface area contributed by atoms with Gasteiger partial charge in [0.15, 0.2) is 0 Å². The van der Waals surface area contributed by atoms with E-state index in [1.807, 2.05) is 31.2 Å². The summed E-state index contributed by atoms with van der Waals surface area (Å²) in [7, 11) is 0. The molecule has 98 valence electrons. The van der Waals surface area contributed by atoms with Crippen LogP contribution in [0.5, 0.6) is 0 Å². The molecule has 0 bridgehead atoms. The molecule has 1 aromatic carbocycles. The Hall–Kier alpha value is -1.51. The molecule has 0 spiro atoms. The Kier molecular flexibility index (Phi) is 4.24. The van der Waals surface area contributed by atoms with Crippen LogP contribution in [0.4, 0.5) is 5.69 Å². The molecular weight excluding hydrogens is 226 g/mol. The van der Waals surface area contributed by atoms with Gasteiger partial charge >= 0.3 is 5.97 Å². The van der Waals surface area contributed by atoms with E-state index in [1.54, 1.807) is 0 Å². The second-order valence-corrected chi connectivity index (χ2v) is 5.23. The number of rotatable bonds is 4. The molecule has 0 radical (unpaired) electrons. The van der Waals surface area contributed by atoms with E-state index in [-0.39, 0.29) is 5.92 Å². The molecule has 1 aliphatic carbocycles. The van der Waals surface area contributed by atoms with Crippen molar-refractivity contribution in [1.29, 1.82) is 0 Å². The maximum absolute atomic E-state index is 11.4. The van der Waals surface area contributed by atoms with Gasteiger partial charge in [-0.25, -0.2) is 4.79 Å². The van der Waals surface area contributed by atoms with Gasteiger partial charge in [0.2, 0.25) is 0 Å². The van der Waals surface area contributed by atoms with Crippen LogP contribution in [0.3, 0.4) is 0 Å². The van der Waals surface area contributed by atoms with Crippen LogP contribution in [-0.4, -0.2) is 17.1 Å². The fraction of sp³-hybridized carbons (Fsp3) is 0.533. The topological polar surface area (TPSA) is 49.3 Å². The molecule has 0 amide bonds. The highest BCUT2D eigenvalue weighted by Crippen LogP contribution is 2.28. The highest BCUT2D eigenvalue weighted by molar-refractivity contribution is 5.77. The monoisotopic (exact) mass is 247 g/mol. The molecule has 3 nitrogen and oxygen atoms in total. The van der Waals surface area contributed by atoms with Crippen LogP contribution in [0.25, 0.3) is 0 Å². The van der Waals surface area contributed by atoms with Crippen LogP contribution in [0.1, 0.15) is 37.7 Å². The van der Waals surface area contributed by atoms with E-state index < -0.39 is 12.0 Å². The van der Waals surface area contributed by atoms with Crippen molar-refractivity contribution in [2.24, 2.45) is 5.92 Å². The van der Waals surface area contributed by atoms with Crippen LogP contribution in [0, 0.1) is 12.8 Å². The molecule has 18 heavy (non-hydrogen) atoms. The molecule has 1 aliphatic rings. The van der Waals surface area contributed by atoms with Crippen molar-refractivity contribution in [2.45, 2.75) is 45.1 Å². The van der Waals surface area contributed by atoms with Crippen LogP contribution in [0.15, 0.2) is 24.3 Å². The van der Waals surface area contributed by atoms with Gasteiger partial charge in [0.25, 0.3) is 0 Å². The third-order valence-corrected chi connectivity index (χ3v) is 3.73. The molecule has 0 aliphatic heterocycles. The number of nitrogens with one attached hydrogen (secondary N) is 1. The molecule has 0 heterocycles. The minimum Gasteiger partial charge on any atom is -0.480 e. The largest absolute Gasteiger partial charge is 0.480 e. The van der Waals surface area contributed by atoms with E-state index in [0.717, 1.165) is 36.9 Å². The number of carbonyl (C=O) groups is 1. The average molecular weight is 247 g/mol. The molecule has 0 saturated heterocycles. The third-order valence-electron chi connectivity index (χ3n) is 3.73. The minimum atomic E-state index is -0.733. The van der Waals surface area contributed by atoms with Gasteiger partial charge in [-0.15, -0.1) is 0 Å². The first-order valence-electron chi connectivity index (χ1n) is 6.73. The Morgan fingerprint density at radius 3 is 2.67 bits per heavy atom. The predicted molar refractivity (Wildman–Crippen MR) is 72.8 cm³/mol. The number of benzene rings is 1. The average Bonchev–Trinajstić information content (AvgIpc) is 2.37. The summed E-state index contributed by atoms with van der Waals surface area (Å²) in [4.78, 5) is 11.4. The Morgan fingerprint density at radius 1 is 1.33 bits per heavy atom. The van der Waals surface area contributed by atoms with Crippen molar-refractivity contribution in [2.75, 3.05) is 5.32 Å². The standard InChI is InChI=1S/C15H21NO2/c1-11-6-5-9-13(10-11)16-14(15(17)18)12-7-3-2-4-8-12/h5-6,9-10,12,14,16H,2-4,7-8H2,1H3,(H,17,18). The Labute approximate surface area is 108 Å². The molecule has 1 saturated carbocycles. The zero-order valence-electron chi connectivity index (χ0n) is 10.9. The van der Waals surface area contributed by atoms with Gasteiger partial charge in [-0.05, 0) is 43.4 Å². The molecule has 1 fully saturated rings. The van der Waals surface area contributed by atoms with Gasteiger partial charge in [-0.2, -0.15) is 0 Å². The third kappa shape index (κ3) is 3.25. The molecule has 2 rings (SSSR count). The molecule has 3 heteroatoms. The minimum absolute atomic E-state index is 0.261. The number of carboxylic acids is 1. The van der Waals surface area contributed by atoms with E-state index in [4.69, 9.17) is 0 Å². The van der Waals surface area contributed by atoms with Crippen LogP contribution >= 0.6 is 0 Å². The second kappa shape index (κ2) is 5.89. The van der Waals surface area contributed by atoms with Crippen LogP contribution < -0.4 is 5.32 Å². The van der Waals surface area contributed by atoms with E-state index in [0.29, 0.717) is 0 Å². The van der Waals surface area contributed by atoms with Gasteiger partial charge in [0, 0.05) is 5.69 Å². The van der Waals surface area contributed by atoms with Crippen LogP contribution in [0.2, 0.25) is 0 Å². The molecule has 1 aromatic rings. The number of anilines is 1. The molecule has 1 unspecified atom stereocenters. The summed E-state index contributed by atoms with van der Waals surface area (Å²) in [5.74, 6) is -0.472. The summed E-state index contributed by atoms with van der Waals surface area (Å²) in [5, 5.41) is 12.6. The Morgan fingerprint density at radius 2 is 2.06 bits per heavy atom. The van der Waals surface area contributed by atoms with E-state index in [9.17, 15) is 9.90 Å². The SMILES string of the molecule is Cc1cccc(NC(C(=O)O)C2CCCCC2)c1. The summed E-state index contributed by atoms with van der Waals surface area (Å²) < 4.78 is 0. The first-order valence-corrected chi connectivity index (χ1v) is 6.73. The van der Waals surface area contributed by atoms with E-state index in [1.165, 1.54) is 6.42 Å². The number of aliphatic carboxylic acids is 1. The van der Waals surface area contributed by atoms with Crippen molar-refractivity contribution in [1.82, 2.24) is 0 Å². The highest BCUT2D eigenvalue weighted by Gasteiger charge is 2.29. The van der Waals surface area contributed by atoms with Gasteiger partial charge in [-0.3, -0.25) is 0 Å². The number of aryl methyl sites for hydroxylation is 1. The zero-order valence-corrected chi connectivity index (χ0v) is 10.9. The fourth-order valence-corrected chi connectivity index (χ4v) is 2.76. The van der Waals surface area contributed by atoms with Crippen molar-refractivity contribution in [3.63, 3.8) is 0 Å². The maximum Gasteiger partial charge on any atom is 0.326 e. The molecule has 0 aromatic heterocycles. The maximum atomic E-state index is 11.4. The number of hydrogen-bond acceptors (Lipinski definition) is 2. The first-order chi connectivity index (χ1) is 8.66. The quantitative estimate of drug-likeness (QED) is 0.856. The van der Waals surface area contributed by atoms with Crippen molar-refractivity contribution in [3.8, 4) is 0 Å². The molecule has 1 atom stereocenters. The summed E-state index contributed by atoms with van der Waals surface area (Å²) in [5.41, 5.74) is 2.06. The molecular formula is C15H21NO2. The number of hydrogen-bond donors (Lipinski definition) is 2. The van der Waals surface area contributed by atoms with Crippen molar-refractivity contribution < 1.29 is 9.90 Å². The lowest BCUT2D eigenvalue weighted by Crippen LogP contribution is -2.37. The Bertz CT molecular complexity index is 411. The summed E-state index contributed by atoms with van der Waals surface area (Å²) in [6, 6.07) is 7.45. The van der Waals surface area contributed by atoms with Gasteiger partial charge in [-0.1, -0.05) is 31.4 Å². The summed E-state index contributed by atoms with van der Waals surface area (Å²) in [6.07, 6.45) is 5.60. The zero-order chi connectivity index (χ0) is 13.0. The van der Waals surface area contributed by atoms with Crippen molar-refractivity contribution >= 4 is 11.7 Å². The predicted octanol–water partition coefficient (Wildman–Crippen LogP) is 3.44.